The Hall–Kier alpha value is -0.300. The van der Waals surface area contributed by atoms with Crippen LogP contribution in [0.5, 0.6) is 0 Å². The second-order valence-electron chi connectivity index (χ2n) is 3.03. The molecule has 1 aromatic rings. The van der Waals surface area contributed by atoms with Gasteiger partial charge in [0.1, 0.15) is 0 Å². The van der Waals surface area contributed by atoms with Gasteiger partial charge in [0, 0.05) is 0 Å². The van der Waals surface area contributed by atoms with Gasteiger partial charge in [-0.1, -0.05) is 20.8 Å². The van der Waals surface area contributed by atoms with Crippen molar-refractivity contribution in [3.63, 3.8) is 0 Å². The summed E-state index contributed by atoms with van der Waals surface area (Å²) in [6.07, 6.45) is 0. The van der Waals surface area contributed by atoms with Gasteiger partial charge in [-0.2, -0.15) is 11.3 Å². The predicted molar refractivity (Wildman–Crippen MR) is 49.6 cm³/mol. The molecular weight excluding hydrogens is 140 g/mol. The molecule has 58 valence electrons. The first-order chi connectivity index (χ1) is 4.63. The third-order valence-electron chi connectivity index (χ3n) is 0.663. The van der Waals surface area contributed by atoms with E-state index in [4.69, 9.17) is 0 Å². The maximum Gasteiger partial charge on any atom is -0.00641 e. The summed E-state index contributed by atoms with van der Waals surface area (Å²) in [5, 5.41) is 4.20. The number of hydrogen-bond donors (Lipinski definition) is 0. The summed E-state index contributed by atoms with van der Waals surface area (Å²) >= 11 is 1.74. The van der Waals surface area contributed by atoms with Crippen molar-refractivity contribution in [1.82, 2.24) is 0 Å². The Morgan fingerprint density at radius 1 is 1.30 bits per heavy atom. The molecule has 0 atom stereocenters. The second-order valence-corrected chi connectivity index (χ2v) is 3.81. The molecule has 0 spiro atoms. The van der Waals surface area contributed by atoms with Crippen LogP contribution >= 0.6 is 11.3 Å². The molecule has 1 heteroatoms. The fourth-order valence-corrected chi connectivity index (χ4v) is 0.998. The lowest BCUT2D eigenvalue weighted by atomic mass is 10.3. The van der Waals surface area contributed by atoms with Gasteiger partial charge in [0.25, 0.3) is 0 Å². The molecule has 0 fully saturated rings. The lowest BCUT2D eigenvalue weighted by Crippen LogP contribution is -1.66. The summed E-state index contributed by atoms with van der Waals surface area (Å²) in [4.78, 5) is 0. The lowest BCUT2D eigenvalue weighted by molar-refractivity contribution is 0.737. The zero-order valence-electron chi connectivity index (χ0n) is 7.22. The summed E-state index contributed by atoms with van der Waals surface area (Å²) in [5.41, 5.74) is 1.36. The molecule has 10 heavy (non-hydrogen) atoms. The highest BCUT2D eigenvalue weighted by Gasteiger charge is 1.74. The van der Waals surface area contributed by atoms with E-state index in [9.17, 15) is 0 Å². The maximum atomic E-state index is 2.17. The minimum Gasteiger partial charge on any atom is -0.152 e. The normalized spacial score (nSPS) is 8.90. The molecule has 0 aliphatic heterocycles. The van der Waals surface area contributed by atoms with Crippen LogP contribution in [0, 0.1) is 12.8 Å². The van der Waals surface area contributed by atoms with E-state index in [0.29, 0.717) is 0 Å². The highest BCUT2D eigenvalue weighted by Crippen LogP contribution is 2.01. The van der Waals surface area contributed by atoms with Crippen LogP contribution < -0.4 is 0 Å². The lowest BCUT2D eigenvalue weighted by Gasteiger charge is -1.79. The number of rotatable bonds is 0. The molecule has 0 amide bonds. The zero-order valence-corrected chi connectivity index (χ0v) is 8.03. The summed E-state index contributed by atoms with van der Waals surface area (Å²) < 4.78 is 0. The van der Waals surface area contributed by atoms with Gasteiger partial charge in [0.15, 0.2) is 0 Å². The fourth-order valence-electron chi connectivity index (χ4n) is 0.333. The van der Waals surface area contributed by atoms with Crippen molar-refractivity contribution in [3.8, 4) is 0 Å². The standard InChI is InChI=1S/C5H6S.C4H10/c1-5-2-3-6-4-5;1-4(2)3/h2-4H,1H3;4H,1-3H3. The van der Waals surface area contributed by atoms with Gasteiger partial charge in [-0.05, 0) is 35.2 Å². The zero-order chi connectivity index (χ0) is 7.98. The third kappa shape index (κ3) is 7.70. The average Bonchev–Trinajstić information content (AvgIpc) is 2.15. The molecule has 0 nitrogen and oxygen atoms in total. The second kappa shape index (κ2) is 5.48. The largest absolute Gasteiger partial charge is 0.152 e. The summed E-state index contributed by atoms with van der Waals surface area (Å²) in [6, 6.07) is 2.10. The Balaban J connectivity index is 0.000000180. The van der Waals surface area contributed by atoms with Crippen LogP contribution in [0.15, 0.2) is 16.8 Å². The van der Waals surface area contributed by atoms with Crippen molar-refractivity contribution >= 4 is 11.3 Å². The number of aryl methyl sites for hydroxylation is 1. The summed E-state index contributed by atoms with van der Waals surface area (Å²) in [5.74, 6) is 0.833. The van der Waals surface area contributed by atoms with E-state index in [1.165, 1.54) is 5.56 Å². The quantitative estimate of drug-likeness (QED) is 0.537. The smallest absolute Gasteiger partial charge is 0.00641 e. The maximum absolute atomic E-state index is 2.17. The van der Waals surface area contributed by atoms with E-state index in [2.05, 4.69) is 44.5 Å². The SMILES string of the molecule is CC(C)C.Cc1ccsc1. The average molecular weight is 156 g/mol. The van der Waals surface area contributed by atoms with Crippen LogP contribution in [-0.2, 0) is 0 Å². The van der Waals surface area contributed by atoms with Crippen LogP contribution in [0.25, 0.3) is 0 Å². The van der Waals surface area contributed by atoms with Crippen molar-refractivity contribution in [2.24, 2.45) is 5.92 Å². The third-order valence-corrected chi connectivity index (χ3v) is 1.46. The summed E-state index contributed by atoms with van der Waals surface area (Å²) in [7, 11) is 0. The topological polar surface area (TPSA) is 0 Å². The highest BCUT2D eigenvalue weighted by atomic mass is 32.1. The van der Waals surface area contributed by atoms with E-state index < -0.39 is 0 Å². The van der Waals surface area contributed by atoms with Crippen molar-refractivity contribution in [1.29, 1.82) is 0 Å². The van der Waals surface area contributed by atoms with E-state index in [-0.39, 0.29) is 0 Å². The molecule has 0 aromatic carbocycles. The van der Waals surface area contributed by atoms with Crippen LogP contribution in [0.2, 0.25) is 0 Å². The van der Waals surface area contributed by atoms with Crippen molar-refractivity contribution in [2.45, 2.75) is 27.7 Å². The molecule has 0 saturated heterocycles. The Morgan fingerprint density at radius 2 is 1.80 bits per heavy atom. The molecule has 0 aliphatic rings. The Bertz CT molecular complexity index is 137. The minimum atomic E-state index is 0.833. The Labute approximate surface area is 67.9 Å². The molecule has 0 unspecified atom stereocenters. The number of thiophene rings is 1. The van der Waals surface area contributed by atoms with Gasteiger partial charge in [-0.3, -0.25) is 0 Å². The van der Waals surface area contributed by atoms with Gasteiger partial charge in [0.05, 0.1) is 0 Å². The van der Waals surface area contributed by atoms with Gasteiger partial charge < -0.3 is 0 Å². The highest BCUT2D eigenvalue weighted by molar-refractivity contribution is 7.07. The monoisotopic (exact) mass is 156 g/mol. The minimum absolute atomic E-state index is 0.833. The molecule has 0 bridgehead atoms. The first-order valence-electron chi connectivity index (χ1n) is 3.61. The van der Waals surface area contributed by atoms with Crippen molar-refractivity contribution in [2.75, 3.05) is 0 Å². The van der Waals surface area contributed by atoms with Crippen molar-refractivity contribution in [3.05, 3.63) is 22.4 Å². The van der Waals surface area contributed by atoms with Gasteiger partial charge >= 0.3 is 0 Å². The Morgan fingerprint density at radius 3 is 1.90 bits per heavy atom. The predicted octanol–water partition coefficient (Wildman–Crippen LogP) is 3.72. The molecule has 1 aromatic heterocycles. The first kappa shape index (κ1) is 9.70. The molecule has 0 saturated carbocycles. The van der Waals surface area contributed by atoms with E-state index in [1.807, 2.05) is 0 Å². The fraction of sp³-hybridized carbons (Fsp3) is 0.556. The van der Waals surface area contributed by atoms with E-state index in [1.54, 1.807) is 11.3 Å². The van der Waals surface area contributed by atoms with Crippen LogP contribution in [0.4, 0.5) is 0 Å². The molecule has 1 heterocycles. The number of hydrogen-bond acceptors (Lipinski definition) is 1. The first-order valence-corrected chi connectivity index (χ1v) is 4.56. The van der Waals surface area contributed by atoms with Crippen LogP contribution in [0.1, 0.15) is 26.3 Å². The van der Waals surface area contributed by atoms with E-state index in [0.717, 1.165) is 5.92 Å². The van der Waals surface area contributed by atoms with Gasteiger partial charge in [0.2, 0.25) is 0 Å². The summed E-state index contributed by atoms with van der Waals surface area (Å²) in [6.45, 7) is 8.59. The Kier molecular flexibility index (Phi) is 5.32. The molecule has 1 rings (SSSR count). The molecule has 0 N–H and O–H groups in total. The van der Waals surface area contributed by atoms with E-state index >= 15 is 0 Å². The molecular formula is C9H16S. The molecule has 0 radical (unpaired) electrons. The van der Waals surface area contributed by atoms with Gasteiger partial charge in [-0.25, -0.2) is 0 Å². The van der Waals surface area contributed by atoms with Crippen LogP contribution in [0.3, 0.4) is 0 Å². The van der Waals surface area contributed by atoms with Crippen molar-refractivity contribution < 1.29 is 0 Å². The molecule has 0 aliphatic carbocycles. The van der Waals surface area contributed by atoms with Crippen LogP contribution in [-0.4, -0.2) is 0 Å². The van der Waals surface area contributed by atoms with Gasteiger partial charge in [-0.15, -0.1) is 0 Å².